The molecule has 0 heterocycles. The molecule has 0 saturated heterocycles. The minimum Gasteiger partial charge on any atom is -0.349 e. The summed E-state index contributed by atoms with van der Waals surface area (Å²) in [6.45, 7) is 1.82. The molecule has 1 saturated carbocycles. The topological polar surface area (TPSA) is 119 Å². The lowest BCUT2D eigenvalue weighted by atomic mass is 9.82. The number of amides is 2. The van der Waals surface area contributed by atoms with Crippen LogP contribution in [-0.2, 0) is 19.1 Å². The van der Waals surface area contributed by atoms with Crippen LogP contribution in [0.15, 0.2) is 29.2 Å². The Hall–Kier alpha value is -2.13. The van der Waals surface area contributed by atoms with Gasteiger partial charge >= 0.3 is 16.2 Å². The molecule has 0 aromatic heterocycles. The van der Waals surface area contributed by atoms with E-state index in [0.29, 0.717) is 19.3 Å². The van der Waals surface area contributed by atoms with Crippen molar-refractivity contribution < 1.29 is 22.2 Å². The summed E-state index contributed by atoms with van der Waals surface area (Å²) in [6, 6.07) is 5.10. The smallest absolute Gasteiger partial charge is 0.349 e. The van der Waals surface area contributed by atoms with Crippen LogP contribution in [0.3, 0.4) is 0 Å². The third kappa shape index (κ3) is 4.95. The van der Waals surface area contributed by atoms with Crippen LogP contribution < -0.4 is 11.1 Å². The molecule has 2 amide bonds. The molecule has 1 aliphatic carbocycles. The highest BCUT2D eigenvalue weighted by Crippen LogP contribution is 2.25. The van der Waals surface area contributed by atoms with Gasteiger partial charge in [0, 0.05) is 32.1 Å². The molecule has 144 valence electrons. The first-order valence-electron chi connectivity index (χ1n) is 8.38. The number of carbonyl (C=O) groups is 2. The van der Waals surface area contributed by atoms with E-state index in [1.54, 1.807) is 26.2 Å². The van der Waals surface area contributed by atoms with Crippen LogP contribution in [0.25, 0.3) is 0 Å². The second-order valence-corrected chi connectivity index (χ2v) is 8.34. The molecule has 9 heteroatoms. The summed E-state index contributed by atoms with van der Waals surface area (Å²) in [5.41, 5.74) is 6.95. The maximum Gasteiger partial charge on any atom is 0.423 e. The zero-order valence-electron chi connectivity index (χ0n) is 15.1. The van der Waals surface area contributed by atoms with E-state index >= 15 is 0 Å². The Bertz CT molecular complexity index is 761. The van der Waals surface area contributed by atoms with Gasteiger partial charge in [-0.1, -0.05) is 17.7 Å². The molecular formula is C17H25N3O5S. The van der Waals surface area contributed by atoms with Crippen LogP contribution in [0.1, 0.15) is 24.8 Å². The molecule has 3 N–H and O–H groups in total. The second kappa shape index (κ2) is 8.05. The molecular weight excluding hydrogens is 358 g/mol. The molecule has 0 aliphatic heterocycles. The van der Waals surface area contributed by atoms with Crippen molar-refractivity contribution in [1.82, 2.24) is 10.2 Å². The molecule has 1 fully saturated rings. The van der Waals surface area contributed by atoms with E-state index < -0.39 is 28.3 Å². The number of nitrogens with one attached hydrogen (secondary N) is 1. The van der Waals surface area contributed by atoms with Crippen LogP contribution in [0.5, 0.6) is 0 Å². The molecule has 26 heavy (non-hydrogen) atoms. The predicted molar refractivity (Wildman–Crippen MR) is 95.8 cm³/mol. The van der Waals surface area contributed by atoms with Gasteiger partial charge in [-0.15, -0.1) is 0 Å². The van der Waals surface area contributed by atoms with Gasteiger partial charge in [0.25, 0.3) is 0 Å². The fourth-order valence-corrected chi connectivity index (χ4v) is 3.82. The van der Waals surface area contributed by atoms with Gasteiger partial charge in [0.1, 0.15) is 4.90 Å². The predicted octanol–water partition coefficient (Wildman–Crippen LogP) is 0.994. The van der Waals surface area contributed by atoms with E-state index in [1.165, 1.54) is 17.0 Å². The van der Waals surface area contributed by atoms with Crippen molar-refractivity contribution in [2.75, 3.05) is 14.1 Å². The Morgan fingerprint density at radius 2 is 1.81 bits per heavy atom. The minimum atomic E-state index is -4.19. The second-order valence-electron chi connectivity index (χ2n) is 6.80. The van der Waals surface area contributed by atoms with Gasteiger partial charge in [0.05, 0.1) is 0 Å². The van der Waals surface area contributed by atoms with Gasteiger partial charge < -0.3 is 20.1 Å². The number of rotatable bonds is 4. The van der Waals surface area contributed by atoms with E-state index in [-0.39, 0.29) is 16.7 Å². The van der Waals surface area contributed by atoms with Crippen molar-refractivity contribution in [3.05, 3.63) is 29.8 Å². The molecule has 1 aromatic carbocycles. The molecule has 0 spiro atoms. The Labute approximate surface area is 153 Å². The molecule has 1 aromatic rings. The van der Waals surface area contributed by atoms with Gasteiger partial charge in [0.15, 0.2) is 0 Å². The number of benzene rings is 1. The van der Waals surface area contributed by atoms with Gasteiger partial charge in [-0.2, -0.15) is 8.42 Å². The summed E-state index contributed by atoms with van der Waals surface area (Å²) < 4.78 is 28.9. The molecule has 8 nitrogen and oxygen atoms in total. The van der Waals surface area contributed by atoms with E-state index in [2.05, 4.69) is 9.50 Å². The third-order valence-corrected chi connectivity index (χ3v) is 5.71. The van der Waals surface area contributed by atoms with E-state index in [1.807, 2.05) is 6.92 Å². The number of nitrogens with zero attached hydrogens (tertiary/aromatic N) is 1. The summed E-state index contributed by atoms with van der Waals surface area (Å²) in [5.74, 6) is -0.186. The normalized spacial score (nSPS) is 23.2. The number of hydrogen-bond donors (Lipinski definition) is 2. The summed E-state index contributed by atoms with van der Waals surface area (Å²) in [7, 11) is -0.822. The van der Waals surface area contributed by atoms with Crippen molar-refractivity contribution in [2.45, 2.75) is 43.2 Å². The Morgan fingerprint density at radius 1 is 1.19 bits per heavy atom. The average molecular weight is 383 g/mol. The number of nitrogens with two attached hydrogens (primary N) is 1. The van der Waals surface area contributed by atoms with Gasteiger partial charge in [0.2, 0.25) is 5.91 Å². The SMILES string of the molecule is Cc1ccc(S(=O)(=O)OC(=O)N[C@H]2CC[C@H](C(=O)N(C)C)C[C@H]2N)cc1. The molecule has 3 atom stereocenters. The highest BCUT2D eigenvalue weighted by molar-refractivity contribution is 7.87. The average Bonchev–Trinajstić information content (AvgIpc) is 2.55. The third-order valence-electron chi connectivity index (χ3n) is 4.49. The van der Waals surface area contributed by atoms with Crippen LogP contribution in [0.4, 0.5) is 4.79 Å². The molecule has 2 rings (SSSR count). The van der Waals surface area contributed by atoms with Crippen LogP contribution >= 0.6 is 0 Å². The van der Waals surface area contributed by atoms with E-state index in [4.69, 9.17) is 5.73 Å². The van der Waals surface area contributed by atoms with Crippen molar-refractivity contribution in [3.8, 4) is 0 Å². The maximum absolute atomic E-state index is 12.1. The van der Waals surface area contributed by atoms with Crippen molar-refractivity contribution in [2.24, 2.45) is 11.7 Å². The largest absolute Gasteiger partial charge is 0.423 e. The molecule has 0 unspecified atom stereocenters. The first-order valence-corrected chi connectivity index (χ1v) is 9.79. The minimum absolute atomic E-state index is 0.00317. The van der Waals surface area contributed by atoms with Crippen LogP contribution in [0, 0.1) is 12.8 Å². The number of hydrogen-bond acceptors (Lipinski definition) is 6. The highest BCUT2D eigenvalue weighted by atomic mass is 32.2. The lowest BCUT2D eigenvalue weighted by Gasteiger charge is -2.34. The monoisotopic (exact) mass is 383 g/mol. The number of aryl methyl sites for hydroxylation is 1. The summed E-state index contributed by atoms with van der Waals surface area (Å²) in [4.78, 5) is 25.4. The van der Waals surface area contributed by atoms with Gasteiger partial charge in [-0.25, -0.2) is 4.79 Å². The first-order chi connectivity index (χ1) is 12.1. The Balaban J connectivity index is 1.94. The lowest BCUT2D eigenvalue weighted by Crippen LogP contribution is -2.52. The Morgan fingerprint density at radius 3 is 2.35 bits per heavy atom. The summed E-state index contributed by atoms with van der Waals surface area (Å²) >= 11 is 0. The summed E-state index contributed by atoms with van der Waals surface area (Å²) in [5, 5.41) is 2.50. The van der Waals surface area contributed by atoms with Gasteiger partial charge in [-0.05, 0) is 38.3 Å². The Kier molecular flexibility index (Phi) is 6.25. The molecule has 0 bridgehead atoms. The molecule has 0 radical (unpaired) electrons. The van der Waals surface area contributed by atoms with E-state index in [9.17, 15) is 18.0 Å². The van der Waals surface area contributed by atoms with Crippen LogP contribution in [0.2, 0.25) is 0 Å². The zero-order valence-corrected chi connectivity index (χ0v) is 16.0. The first kappa shape index (κ1) is 20.2. The fourth-order valence-electron chi connectivity index (χ4n) is 3.00. The maximum atomic E-state index is 12.1. The standard InChI is InChI=1S/C17H25N3O5S/c1-11-4-7-13(8-5-11)26(23,24)25-17(22)19-15-9-6-12(10-14(15)18)16(21)20(2)3/h4-5,7-8,12,14-15H,6,9-10,18H2,1-3H3,(H,19,22)/t12-,14+,15-/m0/s1. The number of carbonyl (C=O) groups excluding carboxylic acids is 2. The lowest BCUT2D eigenvalue weighted by molar-refractivity contribution is -0.134. The van der Waals surface area contributed by atoms with Crippen molar-refractivity contribution in [3.63, 3.8) is 0 Å². The highest BCUT2D eigenvalue weighted by Gasteiger charge is 2.34. The van der Waals surface area contributed by atoms with E-state index in [0.717, 1.165) is 5.56 Å². The zero-order chi connectivity index (χ0) is 19.5. The molecule has 1 aliphatic rings. The van der Waals surface area contributed by atoms with Crippen molar-refractivity contribution >= 4 is 22.1 Å². The summed E-state index contributed by atoms with van der Waals surface area (Å²) in [6.07, 6.45) is 0.404. The van der Waals surface area contributed by atoms with Crippen molar-refractivity contribution in [1.29, 1.82) is 0 Å². The fraction of sp³-hybridized carbons (Fsp3) is 0.529. The quantitative estimate of drug-likeness (QED) is 0.749. The van der Waals surface area contributed by atoms with Crippen LogP contribution in [-0.4, -0.2) is 51.5 Å². The van der Waals surface area contributed by atoms with Gasteiger partial charge in [-0.3, -0.25) is 4.79 Å².